The van der Waals surface area contributed by atoms with Crippen molar-refractivity contribution < 1.29 is 52.5 Å². The third-order valence-corrected chi connectivity index (χ3v) is 5.70. The predicted molar refractivity (Wildman–Crippen MR) is 132 cm³/mol. The molecule has 2 aromatic carbocycles. The van der Waals surface area contributed by atoms with Crippen LogP contribution < -0.4 is 34.0 Å². The summed E-state index contributed by atoms with van der Waals surface area (Å²) in [5, 5.41) is 0. The van der Waals surface area contributed by atoms with Gasteiger partial charge in [-0.05, 0) is 11.1 Å². The van der Waals surface area contributed by atoms with Gasteiger partial charge in [0, 0.05) is 22.6 Å². The molecule has 8 heteroatoms. The van der Waals surface area contributed by atoms with Crippen LogP contribution in [-0.2, 0) is 0 Å². The fraction of sp³-hybridized carbons (Fsp3) is 0.417. The van der Waals surface area contributed by atoms with E-state index < -0.39 is 0 Å². The lowest BCUT2D eigenvalue weighted by molar-refractivity contribution is -0.879. The average molecular weight is 606 g/mol. The third-order valence-electron chi connectivity index (χ3n) is 5.30. The maximum absolute atomic E-state index is 12.6. The number of thiol groups is 2. The van der Waals surface area contributed by atoms with E-state index in [9.17, 15) is 9.59 Å². The summed E-state index contributed by atoms with van der Waals surface area (Å²) in [4.78, 5) is 25.2. The van der Waals surface area contributed by atoms with E-state index in [4.69, 9.17) is 0 Å². The van der Waals surface area contributed by atoms with Gasteiger partial charge in [0.1, 0.15) is 13.1 Å². The molecule has 0 radical (unpaired) electrons. The molecular formula is C24H34Br2N2O2S2. The van der Waals surface area contributed by atoms with Gasteiger partial charge in [-0.15, -0.1) is 0 Å². The van der Waals surface area contributed by atoms with Crippen molar-refractivity contribution in [2.75, 3.05) is 65.9 Å². The molecule has 0 fully saturated rings. The molecule has 0 unspecified atom stereocenters. The average Bonchev–Trinajstić information content (AvgIpc) is 2.67. The Morgan fingerprint density at radius 1 is 0.625 bits per heavy atom. The molecule has 0 saturated carbocycles. The van der Waals surface area contributed by atoms with E-state index in [1.165, 1.54) is 0 Å². The van der Waals surface area contributed by atoms with Crippen LogP contribution in [-0.4, -0.2) is 86.4 Å². The highest BCUT2D eigenvalue weighted by molar-refractivity contribution is 7.80. The molecule has 0 heterocycles. The third kappa shape index (κ3) is 9.69. The molecule has 0 amide bonds. The molecule has 0 aliphatic carbocycles. The molecule has 2 aromatic rings. The number of halogens is 2. The molecule has 0 aliphatic heterocycles. The molecule has 0 spiro atoms. The van der Waals surface area contributed by atoms with Crippen LogP contribution in [0.1, 0.15) is 20.7 Å². The lowest BCUT2D eigenvalue weighted by atomic mass is 10.00. The highest BCUT2D eigenvalue weighted by Crippen LogP contribution is 2.21. The Morgan fingerprint density at radius 3 is 1.16 bits per heavy atom. The second-order valence-electron chi connectivity index (χ2n) is 9.08. The van der Waals surface area contributed by atoms with Crippen molar-refractivity contribution in [2.45, 2.75) is 0 Å². The molecule has 2 rings (SSSR count). The minimum Gasteiger partial charge on any atom is -1.00 e. The zero-order chi connectivity index (χ0) is 22.4. The SMILES string of the molecule is C[N+](C)(CCS)CC(=O)c1ccc(-c2ccc(C(=O)C[N+](C)(C)CCS)cc2)cc1.[Br-].[Br-]. The number of likely N-dealkylation sites (N-methyl/N-ethyl adjacent to an activating group) is 2. The van der Waals surface area contributed by atoms with Gasteiger partial charge in [0.05, 0.1) is 41.3 Å². The second-order valence-corrected chi connectivity index (χ2v) is 9.98. The molecule has 0 bridgehead atoms. The lowest BCUT2D eigenvalue weighted by Crippen LogP contribution is -3.00. The van der Waals surface area contributed by atoms with Crippen LogP contribution in [0.4, 0.5) is 0 Å². The Kier molecular flexibility index (Phi) is 13.6. The molecule has 0 aromatic heterocycles. The summed E-state index contributed by atoms with van der Waals surface area (Å²) in [6, 6.07) is 15.4. The minimum atomic E-state index is 0. The van der Waals surface area contributed by atoms with Crippen LogP contribution >= 0.6 is 25.3 Å². The number of hydrogen-bond donors (Lipinski definition) is 2. The van der Waals surface area contributed by atoms with E-state index in [-0.39, 0.29) is 45.5 Å². The van der Waals surface area contributed by atoms with Crippen LogP contribution in [0.15, 0.2) is 48.5 Å². The van der Waals surface area contributed by atoms with E-state index in [0.717, 1.165) is 46.8 Å². The normalized spacial score (nSPS) is 11.3. The van der Waals surface area contributed by atoms with Crippen molar-refractivity contribution in [3.8, 4) is 11.1 Å². The van der Waals surface area contributed by atoms with Gasteiger partial charge >= 0.3 is 0 Å². The van der Waals surface area contributed by atoms with Crippen LogP contribution in [0.25, 0.3) is 11.1 Å². The van der Waals surface area contributed by atoms with Crippen LogP contribution in [0.3, 0.4) is 0 Å². The summed E-state index contributed by atoms with van der Waals surface area (Å²) in [5.74, 6) is 1.78. The number of nitrogens with zero attached hydrogens (tertiary/aromatic N) is 2. The molecule has 4 nitrogen and oxygen atoms in total. The highest BCUT2D eigenvalue weighted by Gasteiger charge is 2.21. The number of carbonyl (C=O) groups excluding carboxylic acids is 2. The Labute approximate surface area is 224 Å². The summed E-state index contributed by atoms with van der Waals surface area (Å²) in [6.45, 7) is 2.61. The number of Topliss-reactive ketones (excluding diaryl/α,β-unsaturated/α-hetero) is 2. The summed E-state index contributed by atoms with van der Waals surface area (Å²) >= 11 is 8.55. The fourth-order valence-electron chi connectivity index (χ4n) is 3.36. The first-order chi connectivity index (χ1) is 14.1. The largest absolute Gasteiger partial charge is 1.00 e. The van der Waals surface area contributed by atoms with Gasteiger partial charge < -0.3 is 42.9 Å². The standard InChI is InChI=1S/C24H32N2O2S2.2BrH/c1-25(2,13-15-29)17-23(27)21-9-5-19(6-10-21)20-7-11-22(12-8-20)24(28)18-26(3,4)14-16-30;;/h5-12H,13-18H2,1-4H3;2*1H. The lowest BCUT2D eigenvalue weighted by Gasteiger charge is -2.28. The van der Waals surface area contributed by atoms with Gasteiger partial charge in [0.25, 0.3) is 0 Å². The summed E-state index contributed by atoms with van der Waals surface area (Å²) in [7, 11) is 8.18. The van der Waals surface area contributed by atoms with E-state index in [1.54, 1.807) is 0 Å². The van der Waals surface area contributed by atoms with Gasteiger partial charge in [0.15, 0.2) is 0 Å². The van der Waals surface area contributed by atoms with Gasteiger partial charge in [-0.25, -0.2) is 0 Å². The fourth-order valence-corrected chi connectivity index (χ4v) is 4.44. The number of carbonyl (C=O) groups is 2. The molecule has 0 aliphatic rings. The van der Waals surface area contributed by atoms with Gasteiger partial charge in [-0.3, -0.25) is 9.59 Å². The highest BCUT2D eigenvalue weighted by atomic mass is 79.9. The number of ketones is 2. The summed E-state index contributed by atoms with van der Waals surface area (Å²) < 4.78 is 1.26. The number of quaternary nitrogens is 2. The Morgan fingerprint density at radius 2 is 0.906 bits per heavy atom. The molecule has 0 N–H and O–H groups in total. The van der Waals surface area contributed by atoms with Crippen molar-refractivity contribution in [1.82, 2.24) is 0 Å². The van der Waals surface area contributed by atoms with Gasteiger partial charge in [-0.1, -0.05) is 48.5 Å². The predicted octanol–water partition coefficient (Wildman–Crippen LogP) is -2.26. The van der Waals surface area contributed by atoms with E-state index in [0.29, 0.717) is 22.1 Å². The van der Waals surface area contributed by atoms with E-state index in [2.05, 4.69) is 25.3 Å². The van der Waals surface area contributed by atoms with Gasteiger partial charge in [-0.2, -0.15) is 25.3 Å². The topological polar surface area (TPSA) is 34.1 Å². The summed E-state index contributed by atoms with van der Waals surface area (Å²) in [5.41, 5.74) is 3.50. The van der Waals surface area contributed by atoms with Crippen molar-refractivity contribution in [3.63, 3.8) is 0 Å². The Bertz CT molecular complexity index is 797. The van der Waals surface area contributed by atoms with Crippen molar-refractivity contribution in [3.05, 3.63) is 59.7 Å². The zero-order valence-electron chi connectivity index (χ0n) is 19.2. The van der Waals surface area contributed by atoms with Crippen molar-refractivity contribution >= 4 is 36.8 Å². The van der Waals surface area contributed by atoms with Crippen molar-refractivity contribution in [1.29, 1.82) is 0 Å². The number of hydrogen-bond acceptors (Lipinski definition) is 4. The Balaban J connectivity index is 0.00000480. The van der Waals surface area contributed by atoms with Crippen LogP contribution in [0.5, 0.6) is 0 Å². The molecule has 0 saturated heterocycles. The van der Waals surface area contributed by atoms with Crippen LogP contribution in [0, 0.1) is 0 Å². The van der Waals surface area contributed by atoms with Gasteiger partial charge in [0.2, 0.25) is 11.6 Å². The molecule has 0 atom stereocenters. The first-order valence-corrected chi connectivity index (χ1v) is 11.5. The number of rotatable bonds is 11. The first-order valence-electron chi connectivity index (χ1n) is 10.2. The second kappa shape index (κ2) is 13.9. The Hall–Kier alpha value is -0.640. The monoisotopic (exact) mass is 604 g/mol. The smallest absolute Gasteiger partial charge is 0.216 e. The van der Waals surface area contributed by atoms with E-state index in [1.807, 2.05) is 76.7 Å². The quantitative estimate of drug-likeness (QED) is 0.172. The summed E-state index contributed by atoms with van der Waals surface area (Å²) in [6.07, 6.45) is 0. The minimum absolute atomic E-state index is 0. The molecule has 178 valence electrons. The van der Waals surface area contributed by atoms with E-state index >= 15 is 0 Å². The number of benzene rings is 2. The first kappa shape index (κ1) is 31.4. The van der Waals surface area contributed by atoms with Crippen molar-refractivity contribution in [2.24, 2.45) is 0 Å². The maximum atomic E-state index is 12.6. The molecular weight excluding hydrogens is 572 g/mol. The van der Waals surface area contributed by atoms with Crippen LogP contribution in [0.2, 0.25) is 0 Å². The molecule has 32 heavy (non-hydrogen) atoms. The zero-order valence-corrected chi connectivity index (χ0v) is 24.2. The maximum Gasteiger partial charge on any atom is 0.216 e.